The number of hydrogen-bond donors (Lipinski definition) is 0. The second-order valence-electron chi connectivity index (χ2n) is 5.86. The summed E-state index contributed by atoms with van der Waals surface area (Å²) in [6.45, 7) is 5.20. The number of aromatic nitrogens is 1. The van der Waals surface area contributed by atoms with Crippen molar-refractivity contribution in [3.8, 4) is 10.4 Å². The number of aryl methyl sites for hydroxylation is 2. The minimum Gasteiger partial charge on any atom is -0.341 e. The molecule has 2 nitrogen and oxygen atoms in total. The van der Waals surface area contributed by atoms with E-state index in [9.17, 15) is 4.79 Å². The van der Waals surface area contributed by atoms with Crippen LogP contribution in [0.3, 0.4) is 0 Å². The number of rotatable bonds is 3. The number of nitrogens with zero attached hydrogens (tertiary/aromatic N) is 1. The molecule has 2 aromatic carbocycles. The zero-order valence-electron chi connectivity index (χ0n) is 13.2. The molecular formula is C20H17NOS. The summed E-state index contributed by atoms with van der Waals surface area (Å²) in [7, 11) is 0. The van der Waals surface area contributed by atoms with Gasteiger partial charge in [-0.1, -0.05) is 12.1 Å². The zero-order valence-corrected chi connectivity index (χ0v) is 14.0. The fourth-order valence-electron chi connectivity index (χ4n) is 3.27. The molecule has 3 heteroatoms. The predicted octanol–water partition coefficient (Wildman–Crippen LogP) is 5.66. The Bertz CT molecular complexity index is 1040. The van der Waals surface area contributed by atoms with Crippen molar-refractivity contribution in [3.05, 3.63) is 59.0 Å². The number of fused-ring (bicyclic) bond motifs is 3. The third-order valence-electron chi connectivity index (χ3n) is 4.36. The third-order valence-corrected chi connectivity index (χ3v) is 5.45. The Morgan fingerprint density at radius 3 is 2.61 bits per heavy atom. The maximum atomic E-state index is 11.1. The van der Waals surface area contributed by atoms with Crippen LogP contribution in [0.5, 0.6) is 0 Å². The lowest BCUT2D eigenvalue weighted by atomic mass is 10.1. The lowest BCUT2D eigenvalue weighted by Gasteiger charge is -2.04. The largest absolute Gasteiger partial charge is 0.341 e. The van der Waals surface area contributed by atoms with Gasteiger partial charge in [0.15, 0.2) is 0 Å². The van der Waals surface area contributed by atoms with E-state index in [0.29, 0.717) is 0 Å². The average Bonchev–Trinajstić information content (AvgIpc) is 3.14. The van der Waals surface area contributed by atoms with Gasteiger partial charge in [0.25, 0.3) is 0 Å². The number of benzene rings is 2. The number of carbonyl (C=O) groups is 1. The van der Waals surface area contributed by atoms with Gasteiger partial charge >= 0.3 is 0 Å². The molecule has 4 rings (SSSR count). The highest BCUT2D eigenvalue weighted by molar-refractivity contribution is 7.13. The number of carbonyl (C=O) groups excluding carboxylic acids is 1. The van der Waals surface area contributed by atoms with Gasteiger partial charge in [-0.25, -0.2) is 0 Å². The van der Waals surface area contributed by atoms with Gasteiger partial charge in [0, 0.05) is 38.8 Å². The summed E-state index contributed by atoms with van der Waals surface area (Å²) in [5, 5.41) is 4.55. The van der Waals surface area contributed by atoms with Crippen molar-refractivity contribution in [1.82, 2.24) is 4.57 Å². The first-order valence-electron chi connectivity index (χ1n) is 7.78. The standard InChI is InChI=1S/C20H17NOS/c1-3-21-18-7-4-14(11-22)9-17(18)16-6-5-15(10-19(16)21)20-8-13(2)12-23-20/h4-12H,3H2,1-2H3. The maximum absolute atomic E-state index is 11.1. The molecule has 0 spiro atoms. The molecule has 0 fully saturated rings. The molecule has 23 heavy (non-hydrogen) atoms. The molecule has 0 aliphatic carbocycles. The normalized spacial score (nSPS) is 11.4. The van der Waals surface area contributed by atoms with Crippen molar-refractivity contribution in [2.45, 2.75) is 20.4 Å². The minimum absolute atomic E-state index is 0.727. The summed E-state index contributed by atoms with van der Waals surface area (Å²) in [4.78, 5) is 12.4. The van der Waals surface area contributed by atoms with Crippen molar-refractivity contribution in [1.29, 1.82) is 0 Å². The van der Waals surface area contributed by atoms with Crippen LogP contribution in [0.4, 0.5) is 0 Å². The van der Waals surface area contributed by atoms with E-state index in [-0.39, 0.29) is 0 Å². The van der Waals surface area contributed by atoms with Crippen LogP contribution in [0, 0.1) is 6.92 Å². The van der Waals surface area contributed by atoms with Crippen LogP contribution in [-0.2, 0) is 6.54 Å². The third kappa shape index (κ3) is 2.20. The van der Waals surface area contributed by atoms with Crippen LogP contribution in [-0.4, -0.2) is 10.9 Å². The van der Waals surface area contributed by atoms with Crippen molar-refractivity contribution in [3.63, 3.8) is 0 Å². The summed E-state index contributed by atoms with van der Waals surface area (Å²) in [6.07, 6.45) is 0.914. The van der Waals surface area contributed by atoms with E-state index in [2.05, 4.69) is 54.1 Å². The lowest BCUT2D eigenvalue weighted by molar-refractivity contribution is 0.112. The lowest BCUT2D eigenvalue weighted by Crippen LogP contribution is -1.93. The van der Waals surface area contributed by atoms with Crippen LogP contribution in [0.15, 0.2) is 47.8 Å². The Hall–Kier alpha value is -2.39. The molecular weight excluding hydrogens is 302 g/mol. The van der Waals surface area contributed by atoms with Crippen LogP contribution in [0.25, 0.3) is 32.2 Å². The van der Waals surface area contributed by atoms with Crippen LogP contribution in [0.1, 0.15) is 22.8 Å². The fraction of sp³-hybridized carbons (Fsp3) is 0.150. The Kier molecular flexibility index (Phi) is 3.31. The Morgan fingerprint density at radius 2 is 1.91 bits per heavy atom. The van der Waals surface area contributed by atoms with E-state index in [1.165, 1.54) is 32.4 Å². The Balaban J connectivity index is 2.04. The first kappa shape index (κ1) is 14.2. The van der Waals surface area contributed by atoms with Crippen molar-refractivity contribution in [2.24, 2.45) is 0 Å². The molecule has 0 radical (unpaired) electrons. The monoisotopic (exact) mass is 319 g/mol. The van der Waals surface area contributed by atoms with Gasteiger partial charge in [-0.05, 0) is 60.7 Å². The fourth-order valence-corrected chi connectivity index (χ4v) is 4.17. The summed E-state index contributed by atoms with van der Waals surface area (Å²) >= 11 is 1.78. The summed E-state index contributed by atoms with van der Waals surface area (Å²) in [6, 6.07) is 14.8. The van der Waals surface area contributed by atoms with E-state index in [1.54, 1.807) is 11.3 Å². The van der Waals surface area contributed by atoms with Crippen LogP contribution in [0.2, 0.25) is 0 Å². The van der Waals surface area contributed by atoms with Gasteiger partial charge < -0.3 is 4.57 Å². The highest BCUT2D eigenvalue weighted by Crippen LogP contribution is 2.34. The minimum atomic E-state index is 0.727. The predicted molar refractivity (Wildman–Crippen MR) is 98.6 cm³/mol. The smallest absolute Gasteiger partial charge is 0.150 e. The van der Waals surface area contributed by atoms with Gasteiger partial charge in [-0.3, -0.25) is 4.79 Å². The first-order valence-corrected chi connectivity index (χ1v) is 8.66. The first-order chi connectivity index (χ1) is 11.2. The second-order valence-corrected chi connectivity index (χ2v) is 6.77. The van der Waals surface area contributed by atoms with Gasteiger partial charge in [-0.15, -0.1) is 11.3 Å². The molecule has 0 aliphatic heterocycles. The van der Waals surface area contributed by atoms with E-state index in [4.69, 9.17) is 0 Å². The topological polar surface area (TPSA) is 22.0 Å². The van der Waals surface area contributed by atoms with Gasteiger partial charge in [0.05, 0.1) is 0 Å². The highest BCUT2D eigenvalue weighted by atomic mass is 32.1. The molecule has 114 valence electrons. The molecule has 0 aliphatic rings. The summed E-state index contributed by atoms with van der Waals surface area (Å²) < 4.78 is 2.32. The highest BCUT2D eigenvalue weighted by Gasteiger charge is 2.12. The zero-order chi connectivity index (χ0) is 16.0. The van der Waals surface area contributed by atoms with E-state index in [1.807, 2.05) is 12.1 Å². The molecule has 0 saturated heterocycles. The average molecular weight is 319 g/mol. The molecule has 0 N–H and O–H groups in total. The van der Waals surface area contributed by atoms with Crippen molar-refractivity contribution >= 4 is 39.4 Å². The molecule has 4 aromatic rings. The molecule has 0 unspecified atom stereocenters. The molecule has 0 atom stereocenters. The van der Waals surface area contributed by atoms with Gasteiger partial charge in [-0.2, -0.15) is 0 Å². The molecule has 0 saturated carbocycles. The number of hydrogen-bond acceptors (Lipinski definition) is 2. The van der Waals surface area contributed by atoms with E-state index in [0.717, 1.165) is 23.8 Å². The van der Waals surface area contributed by atoms with E-state index < -0.39 is 0 Å². The molecule has 2 aromatic heterocycles. The SMILES string of the molecule is CCn1c2ccc(C=O)cc2c2ccc(-c3cc(C)cs3)cc21. The number of aldehydes is 1. The quantitative estimate of drug-likeness (QED) is 0.446. The number of thiophene rings is 1. The second kappa shape index (κ2) is 5.36. The molecule has 0 bridgehead atoms. The maximum Gasteiger partial charge on any atom is 0.150 e. The summed E-state index contributed by atoms with van der Waals surface area (Å²) in [5.74, 6) is 0. The summed E-state index contributed by atoms with van der Waals surface area (Å²) in [5.41, 5.74) is 5.70. The van der Waals surface area contributed by atoms with Gasteiger partial charge in [0.2, 0.25) is 0 Å². The molecule has 2 heterocycles. The van der Waals surface area contributed by atoms with Crippen molar-refractivity contribution < 1.29 is 4.79 Å². The van der Waals surface area contributed by atoms with Crippen LogP contribution >= 0.6 is 11.3 Å². The Morgan fingerprint density at radius 1 is 1.04 bits per heavy atom. The van der Waals surface area contributed by atoms with E-state index >= 15 is 0 Å². The Labute approximate surface area is 139 Å². The van der Waals surface area contributed by atoms with Crippen LogP contribution < -0.4 is 0 Å². The molecule has 0 amide bonds. The van der Waals surface area contributed by atoms with Crippen molar-refractivity contribution in [2.75, 3.05) is 0 Å². The van der Waals surface area contributed by atoms with Gasteiger partial charge in [0.1, 0.15) is 6.29 Å².